The molecule has 5 atom stereocenters. The lowest BCUT2D eigenvalue weighted by molar-refractivity contribution is -0.128. The first kappa shape index (κ1) is 96.5. The van der Waals surface area contributed by atoms with E-state index < -0.39 is 116 Å². The summed E-state index contributed by atoms with van der Waals surface area (Å²) >= 11 is 0. The average molecular weight is 2020 g/mol. The Kier molecular flexibility index (Phi) is 24.5. The molecule has 8 N–H and O–H groups in total. The highest BCUT2D eigenvalue weighted by Crippen LogP contribution is 2.47. The Balaban J connectivity index is 0.000000116. The number of pyridine rings is 4. The number of rotatable bonds is 22. The van der Waals surface area contributed by atoms with E-state index in [1.807, 2.05) is 17.0 Å². The molecule has 24 rings (SSSR count). The summed E-state index contributed by atoms with van der Waals surface area (Å²) in [5, 5.41) is 31.0. The van der Waals surface area contributed by atoms with E-state index >= 15 is 4.39 Å². The second-order valence-corrected chi connectivity index (χ2v) is 37.5. The smallest absolute Gasteiger partial charge is 0.322 e. The van der Waals surface area contributed by atoms with Crippen molar-refractivity contribution in [2.75, 3.05) is 110 Å². The number of aliphatic hydroxyl groups is 1. The molecule has 11 aliphatic rings. The van der Waals surface area contributed by atoms with Crippen molar-refractivity contribution in [2.24, 2.45) is 0 Å². The maximum Gasteiger partial charge on any atom is 0.322 e. The fraction of sp³-hybridized carbons (Fsp3) is 0.304. The van der Waals surface area contributed by atoms with Gasteiger partial charge in [0, 0.05) is 120 Å². The second-order valence-electron chi connectivity index (χ2n) is 37.5. The number of halogens is 4. The number of methoxy groups -OCH3 is 4. The number of H-pyrrole nitrogens is 1. The van der Waals surface area contributed by atoms with E-state index in [9.17, 15) is 85.4 Å². The number of aromatic nitrogens is 6. The van der Waals surface area contributed by atoms with Gasteiger partial charge in [-0.25, -0.2) is 42.3 Å². The molecule has 13 aromatic rings. The molecule has 6 saturated heterocycles. The van der Waals surface area contributed by atoms with Crippen LogP contribution in [-0.2, 0) is 91.1 Å². The molecular formula is C102H89F4N19O23. The van der Waals surface area contributed by atoms with Crippen molar-refractivity contribution in [1.82, 2.24) is 86.5 Å². The Morgan fingerprint density at radius 3 is 1.43 bits per heavy atom. The number of hydrogen-bond acceptors (Lipinski definition) is 30. The van der Waals surface area contributed by atoms with Gasteiger partial charge in [-0.3, -0.25) is 98.5 Å². The molecular weight excluding hydrogens is 1940 g/mol. The van der Waals surface area contributed by atoms with E-state index in [0.717, 1.165) is 36.2 Å². The number of imide groups is 4. The fourth-order valence-electron chi connectivity index (χ4n) is 20.8. The van der Waals surface area contributed by atoms with Gasteiger partial charge in [0.2, 0.25) is 47.3 Å². The summed E-state index contributed by atoms with van der Waals surface area (Å²) in [6, 6.07) is 31.1. The molecule has 20 heterocycles. The SMILES string of the molecule is CCCN1CC=C(c2nc3cc([C@]4(CN5Cc6ccc(OC)c(F)c6C5=O)NC(=O)NC4=O)oc3cc2F)CC1.COc1ccc2c(c1)C(=O)N(C[C@@]1(c3cc4nc(-c5cn[nH]c5)ccc4o3)CC(=O)NC1=O)C2.COc1ccc2c(c1F)C(=O)N(C[C@@]1(c3cc4nc(N5CCNC(=O)C5)ccc4o3)CC(=O)NC1=O)C2.COc1ccc2c(c1F)C(=O)N(C[C@@]1(c3cc4nc(N5C[C@H](O)CC5=O)ccc4o3)CC(=O)NC1=O)C2. The van der Waals surface area contributed by atoms with Gasteiger partial charge in [-0.1, -0.05) is 37.3 Å². The molecule has 4 aromatic carbocycles. The number of benzene rings is 4. The van der Waals surface area contributed by atoms with Crippen LogP contribution >= 0.6 is 0 Å². The number of piperazine rings is 1. The van der Waals surface area contributed by atoms with Crippen LogP contribution in [0.1, 0.15) is 138 Å². The summed E-state index contributed by atoms with van der Waals surface area (Å²) in [4.78, 5) is 208. The minimum absolute atomic E-state index is 0.000436. The maximum absolute atomic E-state index is 15.2. The van der Waals surface area contributed by atoms with Gasteiger partial charge < -0.3 is 76.9 Å². The zero-order valence-corrected chi connectivity index (χ0v) is 79.5. The number of furan rings is 4. The van der Waals surface area contributed by atoms with Gasteiger partial charge in [0.25, 0.3) is 29.5 Å². The highest BCUT2D eigenvalue weighted by Gasteiger charge is 2.59. The number of β-amino-alcohol motifs (C(OH)–C–C–N with tert-alkyl or cyclic N) is 1. The summed E-state index contributed by atoms with van der Waals surface area (Å²) in [6.07, 6.45) is 5.60. The molecule has 0 bridgehead atoms. The molecule has 0 unspecified atom stereocenters. The quantitative estimate of drug-likeness (QED) is 0.0187. The van der Waals surface area contributed by atoms with Crippen LogP contribution in [0.5, 0.6) is 23.0 Å². The minimum Gasteiger partial charge on any atom is -0.497 e. The lowest BCUT2D eigenvalue weighted by atomic mass is 9.82. The van der Waals surface area contributed by atoms with E-state index in [0.29, 0.717) is 123 Å². The Labute approximate surface area is 833 Å². The molecule has 148 heavy (non-hydrogen) atoms. The largest absolute Gasteiger partial charge is 0.497 e. The highest BCUT2D eigenvalue weighted by molar-refractivity contribution is 6.14. The third-order valence-corrected chi connectivity index (χ3v) is 28.3. The molecule has 758 valence electrons. The predicted octanol–water partition coefficient (Wildman–Crippen LogP) is 7.34. The van der Waals surface area contributed by atoms with Crippen molar-refractivity contribution < 1.29 is 126 Å². The van der Waals surface area contributed by atoms with Gasteiger partial charge in [-0.15, -0.1) is 0 Å². The minimum atomic E-state index is -1.84. The Bertz CT molecular complexity index is 7910. The fourth-order valence-corrected chi connectivity index (χ4v) is 20.8. The van der Waals surface area contributed by atoms with Crippen LogP contribution in [0.3, 0.4) is 0 Å². The number of aromatic amines is 1. The van der Waals surface area contributed by atoms with Crippen molar-refractivity contribution in [1.29, 1.82) is 0 Å². The monoisotopic (exact) mass is 2020 g/mol. The van der Waals surface area contributed by atoms with Gasteiger partial charge in [-0.05, 0) is 114 Å². The standard InChI is InChI=1S/C28H27F2N5O5.C25H22FN5O6.C25H21FN4O7.C24H19N5O5/c1-3-8-34-9-6-15(7-10-34)24-17(29)11-20-18(31-24)12-21(40-20)28(26(37)32-27(38)33-28)14-35-13-16-4-5-19(39-2)23(30)22(16)25(35)36;1-36-16-3-2-13-10-31(23(34)21(13)22(16)26)12-25(9-19(32)29-24(25)35)17-8-14-15(37-17)4-5-18(28-14)30-7-6-27-20(33)11-30;1-36-16-3-2-12-9-29(23(34)21(12)22(16)26)11-25(8-19(32)28-24(25)35)17-7-14-15(37-17)4-5-18(27-14)30-10-13(31)6-20(30)33;1-33-15-3-2-13-11-29(22(31)16(13)6-15)12-24(8-21(30)28-23(24)32)20-7-18-19(34-20)5-4-17(27-18)14-9-25-26-10-14/h4-6,11-12H,3,7-10,13-14H2,1-2H3,(H2,32,33,37,38);2-5,8H,6-7,9-12H2,1H3,(H,27,33)(H,29,32,35);2-5,7,13,31H,6,8-11H2,1H3,(H,28,32,35);2-7,9-10H,8,11-12H2,1H3,(H,25,26)(H,28,30,32)/t28-;25-;13-,25-;24-/m0111/s1. The summed E-state index contributed by atoms with van der Waals surface area (Å²) in [5.74, 6) is -7.52. The number of hydrogen-bond donors (Lipinski definition) is 8. The van der Waals surface area contributed by atoms with Crippen LogP contribution in [0.4, 0.5) is 34.0 Å². The number of ether oxygens (including phenoxy) is 4. The number of carbonyl (C=O) groups excluding carboxylic acids is 14. The Morgan fingerprint density at radius 1 is 0.480 bits per heavy atom. The lowest BCUT2D eigenvalue weighted by Crippen LogP contribution is -2.52. The van der Waals surface area contributed by atoms with Crippen LogP contribution in [0, 0.1) is 23.3 Å². The van der Waals surface area contributed by atoms with E-state index in [-0.39, 0.29) is 165 Å². The molecule has 15 amide bonds. The number of fused-ring (bicyclic) bond motifs is 8. The third-order valence-electron chi connectivity index (χ3n) is 28.3. The van der Waals surface area contributed by atoms with Crippen LogP contribution in [-0.4, -0.2) is 249 Å². The number of nitrogens with one attached hydrogen (secondary N) is 7. The normalized spacial score (nSPS) is 21.4. The summed E-state index contributed by atoms with van der Waals surface area (Å²) in [5.41, 5.74) is 1.39. The van der Waals surface area contributed by atoms with Crippen molar-refractivity contribution >= 4 is 144 Å². The number of anilines is 2. The summed E-state index contributed by atoms with van der Waals surface area (Å²) in [7, 11) is 5.45. The number of carbonyl (C=O) groups is 14. The summed E-state index contributed by atoms with van der Waals surface area (Å²) < 4.78 is 104. The van der Waals surface area contributed by atoms with E-state index in [1.54, 1.807) is 96.2 Å². The third kappa shape index (κ3) is 16.9. The highest BCUT2D eigenvalue weighted by atomic mass is 19.1. The Morgan fingerprint density at radius 2 is 0.966 bits per heavy atom. The first-order chi connectivity index (χ1) is 71.2. The van der Waals surface area contributed by atoms with Gasteiger partial charge in [0.05, 0.1) is 108 Å². The zero-order valence-electron chi connectivity index (χ0n) is 79.5. The van der Waals surface area contributed by atoms with Gasteiger partial charge in [0.15, 0.2) is 68.4 Å². The zero-order chi connectivity index (χ0) is 104. The first-order valence-corrected chi connectivity index (χ1v) is 47.0. The molecule has 9 aromatic heterocycles. The average Bonchev–Trinajstić information content (AvgIpc) is 1.58. The number of amides is 15. The van der Waals surface area contributed by atoms with Crippen molar-refractivity contribution in [3.05, 3.63) is 236 Å². The molecule has 46 heteroatoms. The van der Waals surface area contributed by atoms with Crippen molar-refractivity contribution in [3.8, 4) is 34.3 Å². The Hall–Kier alpha value is -17.6. The number of nitrogens with zero attached hydrogens (tertiary/aromatic N) is 12. The van der Waals surface area contributed by atoms with Crippen molar-refractivity contribution in [2.45, 2.75) is 99.5 Å². The molecule has 6 fully saturated rings. The van der Waals surface area contributed by atoms with E-state index in [1.165, 1.54) is 84.4 Å². The van der Waals surface area contributed by atoms with Gasteiger partial charge >= 0.3 is 6.03 Å². The molecule has 0 aliphatic carbocycles. The van der Waals surface area contributed by atoms with E-state index in [4.69, 9.17) is 36.6 Å². The molecule has 0 radical (unpaired) electrons. The van der Waals surface area contributed by atoms with E-state index in [2.05, 4.69) is 73.9 Å². The van der Waals surface area contributed by atoms with Gasteiger partial charge in [0.1, 0.15) is 84.4 Å². The van der Waals surface area contributed by atoms with Gasteiger partial charge in [-0.2, -0.15) is 5.10 Å². The summed E-state index contributed by atoms with van der Waals surface area (Å²) in [6.45, 7) is 5.59. The maximum atomic E-state index is 15.2. The van der Waals surface area contributed by atoms with Crippen LogP contribution < -0.4 is 60.6 Å². The molecule has 0 spiro atoms. The van der Waals surface area contributed by atoms with Crippen LogP contribution in [0.25, 0.3) is 61.2 Å². The predicted molar refractivity (Wildman–Crippen MR) is 509 cm³/mol. The molecule has 11 aliphatic heterocycles. The number of urea groups is 1. The molecule has 42 nitrogen and oxygen atoms in total. The number of aliphatic hydroxyl groups excluding tert-OH is 1. The molecule has 0 saturated carbocycles. The lowest BCUT2D eigenvalue weighted by Gasteiger charge is -2.28. The second kappa shape index (κ2) is 37.5. The van der Waals surface area contributed by atoms with Crippen LogP contribution in [0.15, 0.2) is 157 Å². The van der Waals surface area contributed by atoms with Crippen molar-refractivity contribution in [3.63, 3.8) is 0 Å². The van der Waals surface area contributed by atoms with Crippen LogP contribution in [0.2, 0.25) is 0 Å². The topological polar surface area (TPSA) is 524 Å². The first-order valence-electron chi connectivity index (χ1n) is 47.0.